The molecule has 0 fully saturated rings. The molecule has 4 aromatic rings. The number of hydrogen-bond donors (Lipinski definition) is 0. The minimum atomic E-state index is -0.154. The molecule has 0 saturated carbocycles. The zero-order valence-corrected chi connectivity index (χ0v) is 17.5. The Kier molecular flexibility index (Phi) is 5.51. The van der Waals surface area contributed by atoms with Crippen molar-refractivity contribution in [1.82, 2.24) is 9.38 Å². The summed E-state index contributed by atoms with van der Waals surface area (Å²) in [6.07, 6.45) is 3.37. The molecular formula is C23H18ClN3OS. The molecule has 0 amide bonds. The first-order valence-corrected chi connectivity index (χ1v) is 10.3. The van der Waals surface area contributed by atoms with E-state index in [1.807, 2.05) is 62.4 Å². The first-order valence-electron chi connectivity index (χ1n) is 9.07. The highest BCUT2D eigenvalue weighted by molar-refractivity contribution is 7.99. The molecule has 2 aromatic heterocycles. The van der Waals surface area contributed by atoms with Gasteiger partial charge in [0.2, 0.25) is 0 Å². The van der Waals surface area contributed by atoms with Gasteiger partial charge in [-0.15, -0.1) is 0 Å². The summed E-state index contributed by atoms with van der Waals surface area (Å²) < 4.78 is 1.56. The van der Waals surface area contributed by atoms with E-state index in [1.165, 1.54) is 17.3 Å². The van der Waals surface area contributed by atoms with E-state index in [0.29, 0.717) is 26.9 Å². The molecule has 4 nitrogen and oxygen atoms in total. The summed E-state index contributed by atoms with van der Waals surface area (Å²) in [6.45, 7) is 3.99. The summed E-state index contributed by atoms with van der Waals surface area (Å²) in [4.78, 5) is 23.4. The first-order chi connectivity index (χ1) is 14.0. The number of aromatic nitrogens is 2. The molecule has 0 N–H and O–H groups in total. The minimum Gasteiger partial charge on any atom is -0.268 e. The number of rotatable bonds is 4. The first kappa shape index (κ1) is 19.4. The summed E-state index contributed by atoms with van der Waals surface area (Å²) in [5, 5.41) is 1.21. The van der Waals surface area contributed by atoms with Gasteiger partial charge in [-0.05, 0) is 55.8 Å². The van der Waals surface area contributed by atoms with Crippen molar-refractivity contribution in [2.45, 2.75) is 23.8 Å². The number of hydrogen-bond acceptors (Lipinski definition) is 4. The number of fused-ring (bicyclic) bond motifs is 1. The van der Waals surface area contributed by atoms with Crippen LogP contribution in [-0.2, 0) is 0 Å². The summed E-state index contributed by atoms with van der Waals surface area (Å²) in [5.74, 6) is 0. The van der Waals surface area contributed by atoms with Crippen LogP contribution in [0, 0.1) is 13.8 Å². The van der Waals surface area contributed by atoms with Crippen LogP contribution >= 0.6 is 23.4 Å². The highest BCUT2D eigenvalue weighted by Crippen LogP contribution is 2.28. The fraction of sp³-hybridized carbons (Fsp3) is 0.0870. The summed E-state index contributed by atoms with van der Waals surface area (Å²) >= 11 is 7.50. The normalized spacial score (nSPS) is 11.4. The van der Waals surface area contributed by atoms with E-state index in [0.717, 1.165) is 10.5 Å². The van der Waals surface area contributed by atoms with Gasteiger partial charge in [-0.2, -0.15) is 0 Å². The van der Waals surface area contributed by atoms with Crippen molar-refractivity contribution in [1.29, 1.82) is 0 Å². The molecule has 0 bridgehead atoms. The largest absolute Gasteiger partial charge is 0.268 e. The third kappa shape index (κ3) is 4.42. The fourth-order valence-electron chi connectivity index (χ4n) is 2.84. The van der Waals surface area contributed by atoms with Crippen molar-refractivity contribution in [3.05, 3.63) is 98.9 Å². The van der Waals surface area contributed by atoms with Crippen LogP contribution in [0.25, 0.3) is 5.65 Å². The summed E-state index contributed by atoms with van der Waals surface area (Å²) in [5.41, 5.74) is 3.74. The molecular weight excluding hydrogens is 402 g/mol. The Balaban J connectivity index is 1.85. The van der Waals surface area contributed by atoms with Gasteiger partial charge in [0.25, 0.3) is 5.56 Å². The molecule has 4 rings (SSSR count). The van der Waals surface area contributed by atoms with E-state index in [1.54, 1.807) is 28.9 Å². The topological polar surface area (TPSA) is 46.7 Å². The number of halogens is 1. The predicted molar refractivity (Wildman–Crippen MR) is 120 cm³/mol. The van der Waals surface area contributed by atoms with Gasteiger partial charge in [0.15, 0.2) is 0 Å². The molecule has 2 aromatic carbocycles. The number of aryl methyl sites for hydroxylation is 2. The van der Waals surface area contributed by atoms with E-state index in [2.05, 4.69) is 4.99 Å². The molecule has 0 aliphatic carbocycles. The average molecular weight is 420 g/mol. The molecule has 0 radical (unpaired) electrons. The molecule has 0 spiro atoms. The molecule has 29 heavy (non-hydrogen) atoms. The Morgan fingerprint density at radius 1 is 1.03 bits per heavy atom. The second kappa shape index (κ2) is 8.23. The van der Waals surface area contributed by atoms with E-state index in [9.17, 15) is 4.79 Å². The number of nitrogens with zero attached hydrogens (tertiary/aromatic N) is 3. The van der Waals surface area contributed by atoms with Crippen molar-refractivity contribution in [3.8, 4) is 0 Å². The molecule has 144 valence electrons. The Hall–Kier alpha value is -2.89. The Morgan fingerprint density at radius 2 is 1.79 bits per heavy atom. The number of aliphatic imine (C=N–C) groups is 1. The van der Waals surface area contributed by atoms with Crippen LogP contribution in [0.4, 0.5) is 5.69 Å². The van der Waals surface area contributed by atoms with Gasteiger partial charge >= 0.3 is 0 Å². The molecule has 0 atom stereocenters. The van der Waals surface area contributed by atoms with Crippen molar-refractivity contribution in [2.24, 2.45) is 4.99 Å². The lowest BCUT2D eigenvalue weighted by atomic mass is 10.2. The van der Waals surface area contributed by atoms with Crippen molar-refractivity contribution < 1.29 is 0 Å². The van der Waals surface area contributed by atoms with Gasteiger partial charge in [-0.3, -0.25) is 14.2 Å². The monoisotopic (exact) mass is 419 g/mol. The van der Waals surface area contributed by atoms with Crippen LogP contribution in [0.2, 0.25) is 5.02 Å². The Bertz CT molecular complexity index is 1280. The Morgan fingerprint density at radius 3 is 2.55 bits per heavy atom. The average Bonchev–Trinajstić information content (AvgIpc) is 2.70. The SMILES string of the molecule is Cc1ccc(Sc2nc3ccc(C)cn3c(=O)c2C=Nc2cccc(Cl)c2)cc1. The van der Waals surface area contributed by atoms with Gasteiger partial charge in [-0.1, -0.05) is 53.2 Å². The third-order valence-corrected chi connectivity index (χ3v) is 5.60. The highest BCUT2D eigenvalue weighted by atomic mass is 35.5. The van der Waals surface area contributed by atoms with Crippen LogP contribution in [0.1, 0.15) is 16.7 Å². The van der Waals surface area contributed by atoms with E-state index in [-0.39, 0.29) is 5.56 Å². The highest BCUT2D eigenvalue weighted by Gasteiger charge is 2.13. The summed E-state index contributed by atoms with van der Waals surface area (Å²) in [6, 6.07) is 19.1. The standard InChI is InChI=1S/C23H18ClN3OS/c1-15-6-9-19(10-7-15)29-22-20(13-25-18-5-3-4-17(24)12-18)23(28)27-14-16(2)8-11-21(27)26-22/h3-14H,1-2H3. The molecule has 0 unspecified atom stereocenters. The minimum absolute atomic E-state index is 0.154. The maximum atomic E-state index is 13.2. The van der Waals surface area contributed by atoms with Gasteiger partial charge < -0.3 is 0 Å². The zero-order chi connectivity index (χ0) is 20.4. The summed E-state index contributed by atoms with van der Waals surface area (Å²) in [7, 11) is 0. The maximum absolute atomic E-state index is 13.2. The Labute approximate surface area is 177 Å². The fourth-order valence-corrected chi connectivity index (χ4v) is 3.91. The molecule has 0 aliphatic rings. The lowest BCUT2D eigenvalue weighted by Crippen LogP contribution is -2.21. The van der Waals surface area contributed by atoms with E-state index < -0.39 is 0 Å². The van der Waals surface area contributed by atoms with E-state index >= 15 is 0 Å². The molecule has 2 heterocycles. The van der Waals surface area contributed by atoms with Crippen LogP contribution in [0.15, 0.2) is 86.6 Å². The predicted octanol–water partition coefficient (Wildman–Crippen LogP) is 5.87. The number of pyridine rings is 1. The second-order valence-electron chi connectivity index (χ2n) is 6.72. The van der Waals surface area contributed by atoms with Crippen molar-refractivity contribution in [3.63, 3.8) is 0 Å². The van der Waals surface area contributed by atoms with Gasteiger partial charge in [0.1, 0.15) is 10.7 Å². The van der Waals surface area contributed by atoms with Gasteiger partial charge in [0.05, 0.1) is 11.3 Å². The van der Waals surface area contributed by atoms with Gasteiger partial charge in [0, 0.05) is 22.3 Å². The van der Waals surface area contributed by atoms with Crippen LogP contribution < -0.4 is 5.56 Å². The van der Waals surface area contributed by atoms with Crippen molar-refractivity contribution >= 4 is 40.9 Å². The lowest BCUT2D eigenvalue weighted by Gasteiger charge is -2.09. The van der Waals surface area contributed by atoms with Crippen LogP contribution in [0.5, 0.6) is 0 Å². The van der Waals surface area contributed by atoms with Crippen LogP contribution in [-0.4, -0.2) is 15.6 Å². The van der Waals surface area contributed by atoms with E-state index in [4.69, 9.17) is 16.6 Å². The van der Waals surface area contributed by atoms with Crippen molar-refractivity contribution in [2.75, 3.05) is 0 Å². The van der Waals surface area contributed by atoms with Crippen LogP contribution in [0.3, 0.4) is 0 Å². The van der Waals surface area contributed by atoms with Gasteiger partial charge in [-0.25, -0.2) is 4.98 Å². The third-order valence-electron chi connectivity index (χ3n) is 4.36. The molecule has 0 aliphatic heterocycles. The smallest absolute Gasteiger partial charge is 0.267 e. The zero-order valence-electron chi connectivity index (χ0n) is 16.0. The number of benzene rings is 2. The second-order valence-corrected chi connectivity index (χ2v) is 8.22. The maximum Gasteiger partial charge on any atom is 0.267 e. The molecule has 0 saturated heterocycles. The quantitative estimate of drug-likeness (QED) is 0.307. The molecule has 6 heteroatoms. The lowest BCUT2D eigenvalue weighted by molar-refractivity contribution is 0.969.